The van der Waals surface area contributed by atoms with Gasteiger partial charge in [-0.1, -0.05) is 29.5 Å². The Morgan fingerprint density at radius 2 is 1.81 bits per heavy atom. The third-order valence-electron chi connectivity index (χ3n) is 7.23. The van der Waals surface area contributed by atoms with Gasteiger partial charge in [-0.05, 0) is 23.3 Å². The summed E-state index contributed by atoms with van der Waals surface area (Å²) in [5.41, 5.74) is 2.69. The number of pyridine rings is 1. The summed E-state index contributed by atoms with van der Waals surface area (Å²) < 4.78 is 16.5. The lowest BCUT2D eigenvalue weighted by atomic mass is 10.1. The number of anilines is 1. The molecular formula is C30H36N7O6+. The first-order chi connectivity index (χ1) is 20.8. The van der Waals surface area contributed by atoms with Gasteiger partial charge in [0, 0.05) is 57.1 Å². The second kappa shape index (κ2) is 13.7. The number of rotatable bonds is 12. The Kier molecular flexibility index (Phi) is 9.57. The number of benzene rings is 1. The Hall–Kier alpha value is -4.43. The number of aliphatic hydroxyl groups excluding tert-OH is 2. The molecule has 226 valence electrons. The van der Waals surface area contributed by atoms with Crippen molar-refractivity contribution in [1.82, 2.24) is 24.5 Å². The third-order valence-corrected chi connectivity index (χ3v) is 7.23. The fourth-order valence-corrected chi connectivity index (χ4v) is 4.82. The molecular weight excluding hydrogens is 554 g/mol. The van der Waals surface area contributed by atoms with Crippen LogP contribution in [0.25, 0.3) is 12.2 Å². The molecule has 13 heteroatoms. The average molecular weight is 591 g/mol. The topological polar surface area (TPSA) is 152 Å². The van der Waals surface area contributed by atoms with E-state index < -0.39 is 42.4 Å². The van der Waals surface area contributed by atoms with E-state index in [-0.39, 0.29) is 6.61 Å². The molecule has 1 saturated heterocycles. The van der Waals surface area contributed by atoms with E-state index in [0.717, 1.165) is 28.7 Å². The fraction of sp³-hybridized carbons (Fsp3) is 0.367. The molecule has 3 aromatic heterocycles. The van der Waals surface area contributed by atoms with Crippen LogP contribution in [-0.4, -0.2) is 73.8 Å². The standard InChI is InChI=1S/C30H35N7O6/c1-34(2)24-8-6-21(7-9-24)4-5-22-10-15-35(16-11-22)13-3-14-36-18-23(32-33-36)20-42-28-27(40)25(19-38)43-29(28)37-17-12-26(39)31-30(37)41/h4-12,15-18,25,27-29,38,40H,3,13-14,19-20H2,1-2H3/p+1/t25-,27-,28-,29?/m1/s1. The van der Waals surface area contributed by atoms with Gasteiger partial charge in [-0.25, -0.2) is 9.36 Å². The first-order valence-corrected chi connectivity index (χ1v) is 14.0. The predicted octanol–water partition coefficient (Wildman–Crippen LogP) is 0.578. The molecule has 0 radical (unpaired) electrons. The van der Waals surface area contributed by atoms with Gasteiger partial charge in [0.05, 0.1) is 19.4 Å². The summed E-state index contributed by atoms with van der Waals surface area (Å²) in [5, 5.41) is 28.5. The van der Waals surface area contributed by atoms with Crippen LogP contribution in [0.4, 0.5) is 5.69 Å². The van der Waals surface area contributed by atoms with E-state index in [4.69, 9.17) is 9.47 Å². The van der Waals surface area contributed by atoms with Gasteiger partial charge in [-0.15, -0.1) is 5.10 Å². The quantitative estimate of drug-likeness (QED) is 0.201. The van der Waals surface area contributed by atoms with Crippen molar-refractivity contribution in [3.05, 3.63) is 105 Å². The van der Waals surface area contributed by atoms with Gasteiger partial charge < -0.3 is 24.6 Å². The van der Waals surface area contributed by atoms with E-state index in [9.17, 15) is 19.8 Å². The van der Waals surface area contributed by atoms with Crippen LogP contribution in [0.3, 0.4) is 0 Å². The molecule has 43 heavy (non-hydrogen) atoms. The molecule has 1 aliphatic heterocycles. The first kappa shape index (κ1) is 30.0. The van der Waals surface area contributed by atoms with Crippen LogP contribution >= 0.6 is 0 Å². The minimum absolute atomic E-state index is 0.00135. The molecule has 1 aromatic carbocycles. The minimum Gasteiger partial charge on any atom is -0.394 e. The van der Waals surface area contributed by atoms with Crippen LogP contribution < -0.4 is 20.7 Å². The number of aromatic nitrogens is 6. The summed E-state index contributed by atoms with van der Waals surface area (Å²) >= 11 is 0. The van der Waals surface area contributed by atoms with Crippen LogP contribution in [0, 0.1) is 0 Å². The number of nitrogens with zero attached hydrogens (tertiary/aromatic N) is 6. The zero-order valence-electron chi connectivity index (χ0n) is 24.1. The SMILES string of the molecule is CN(C)c1ccc(/C=C/c2cc[n+](CCCn3cc(CO[C@H]4C(n5ccc(=O)[nH]c5=O)O[C@H](CO)[C@H]4O)nn3)cc2)cc1. The van der Waals surface area contributed by atoms with E-state index in [1.165, 1.54) is 18.0 Å². The van der Waals surface area contributed by atoms with Crippen molar-refractivity contribution >= 4 is 17.8 Å². The molecule has 0 saturated carbocycles. The zero-order chi connectivity index (χ0) is 30.3. The van der Waals surface area contributed by atoms with Crippen molar-refractivity contribution in [3.8, 4) is 0 Å². The van der Waals surface area contributed by atoms with Gasteiger partial charge in [-0.2, -0.15) is 0 Å². The monoisotopic (exact) mass is 590 g/mol. The number of aliphatic hydroxyl groups is 2. The molecule has 1 fully saturated rings. The second-order valence-electron chi connectivity index (χ2n) is 10.5. The highest BCUT2D eigenvalue weighted by Gasteiger charge is 2.45. The van der Waals surface area contributed by atoms with E-state index in [1.807, 2.05) is 26.5 Å². The van der Waals surface area contributed by atoms with Gasteiger partial charge in [0.2, 0.25) is 0 Å². The number of hydrogen-bond acceptors (Lipinski definition) is 9. The molecule has 1 aliphatic rings. The van der Waals surface area contributed by atoms with E-state index in [1.54, 1.807) is 10.9 Å². The molecule has 4 heterocycles. The maximum absolute atomic E-state index is 12.3. The Bertz CT molecular complexity index is 1630. The number of ether oxygens (including phenoxy) is 2. The number of H-pyrrole nitrogens is 1. The van der Waals surface area contributed by atoms with Crippen LogP contribution in [0.2, 0.25) is 0 Å². The number of hydrogen-bond donors (Lipinski definition) is 3. The summed E-state index contributed by atoms with van der Waals surface area (Å²) in [7, 11) is 4.05. The molecule has 13 nitrogen and oxygen atoms in total. The average Bonchev–Trinajstić information content (AvgIpc) is 3.59. The molecule has 0 bridgehead atoms. The smallest absolute Gasteiger partial charge is 0.330 e. The summed E-state index contributed by atoms with van der Waals surface area (Å²) in [6.45, 7) is 0.976. The molecule has 1 unspecified atom stereocenters. The number of nitrogens with one attached hydrogen (secondary N) is 1. The molecule has 3 N–H and O–H groups in total. The number of aromatic amines is 1. The van der Waals surface area contributed by atoms with Crippen molar-refractivity contribution in [2.45, 2.75) is 50.7 Å². The van der Waals surface area contributed by atoms with E-state index in [0.29, 0.717) is 12.2 Å². The van der Waals surface area contributed by atoms with Crippen molar-refractivity contribution in [3.63, 3.8) is 0 Å². The molecule has 0 amide bonds. The van der Waals surface area contributed by atoms with Crippen molar-refractivity contribution < 1.29 is 24.3 Å². The molecule has 5 rings (SSSR count). The first-order valence-electron chi connectivity index (χ1n) is 14.0. The summed E-state index contributed by atoms with van der Waals surface area (Å²) in [4.78, 5) is 27.9. The predicted molar refractivity (Wildman–Crippen MR) is 158 cm³/mol. The van der Waals surface area contributed by atoms with Crippen LogP contribution in [0.15, 0.2) is 76.8 Å². The molecule has 4 aromatic rings. The maximum atomic E-state index is 12.3. The third kappa shape index (κ3) is 7.51. The van der Waals surface area contributed by atoms with Crippen molar-refractivity contribution in [2.24, 2.45) is 0 Å². The van der Waals surface area contributed by atoms with Gasteiger partial charge in [-0.3, -0.25) is 19.0 Å². The molecule has 4 atom stereocenters. The van der Waals surface area contributed by atoms with Gasteiger partial charge in [0.15, 0.2) is 18.6 Å². The Morgan fingerprint density at radius 1 is 1.09 bits per heavy atom. The largest absolute Gasteiger partial charge is 0.394 e. The summed E-state index contributed by atoms with van der Waals surface area (Å²) in [6.07, 6.45) is 7.97. The van der Waals surface area contributed by atoms with Crippen LogP contribution in [0.5, 0.6) is 0 Å². The minimum atomic E-state index is -1.20. The van der Waals surface area contributed by atoms with Gasteiger partial charge in [0.25, 0.3) is 5.56 Å². The fourth-order valence-electron chi connectivity index (χ4n) is 4.82. The Labute approximate surface area is 247 Å². The second-order valence-corrected chi connectivity index (χ2v) is 10.5. The lowest BCUT2D eigenvalue weighted by Crippen LogP contribution is -2.39. The van der Waals surface area contributed by atoms with Crippen LogP contribution in [0.1, 0.15) is 29.5 Å². The summed E-state index contributed by atoms with van der Waals surface area (Å²) in [6, 6.07) is 13.7. The lowest BCUT2D eigenvalue weighted by Gasteiger charge is -2.21. The van der Waals surface area contributed by atoms with Gasteiger partial charge >= 0.3 is 5.69 Å². The van der Waals surface area contributed by atoms with E-state index >= 15 is 0 Å². The normalized spacial score (nSPS) is 20.2. The van der Waals surface area contributed by atoms with Crippen molar-refractivity contribution in [1.29, 1.82) is 0 Å². The zero-order valence-corrected chi connectivity index (χ0v) is 24.1. The van der Waals surface area contributed by atoms with Gasteiger partial charge in [0.1, 0.15) is 30.6 Å². The Morgan fingerprint density at radius 3 is 2.49 bits per heavy atom. The molecule has 0 spiro atoms. The number of aryl methyl sites for hydroxylation is 2. The lowest BCUT2D eigenvalue weighted by molar-refractivity contribution is -0.697. The summed E-state index contributed by atoms with van der Waals surface area (Å²) in [5.74, 6) is 0. The van der Waals surface area contributed by atoms with Crippen molar-refractivity contribution in [2.75, 3.05) is 25.6 Å². The van der Waals surface area contributed by atoms with Crippen LogP contribution in [-0.2, 0) is 29.2 Å². The highest BCUT2D eigenvalue weighted by Crippen LogP contribution is 2.31. The molecule has 0 aliphatic carbocycles. The van der Waals surface area contributed by atoms with E-state index in [2.05, 4.69) is 73.3 Å². The highest BCUT2D eigenvalue weighted by atomic mass is 16.6. The highest BCUT2D eigenvalue weighted by molar-refractivity contribution is 5.70. The maximum Gasteiger partial charge on any atom is 0.330 e. The Balaban J connectivity index is 1.11.